The van der Waals surface area contributed by atoms with Crippen LogP contribution in [-0.4, -0.2) is 41.9 Å². The summed E-state index contributed by atoms with van der Waals surface area (Å²) in [5, 5.41) is 20.4. The van der Waals surface area contributed by atoms with E-state index < -0.39 is 31.5 Å². The molecule has 1 aliphatic heterocycles. The quantitative estimate of drug-likeness (QED) is 0.259. The molecule has 0 radical (unpaired) electrons. The second kappa shape index (κ2) is 13.8. The first-order valence-corrected chi connectivity index (χ1v) is 12.9. The molecule has 5 rings (SSSR count). The van der Waals surface area contributed by atoms with E-state index in [0.717, 1.165) is 50.7 Å². The summed E-state index contributed by atoms with van der Waals surface area (Å²) in [7, 11) is -2.60. The summed E-state index contributed by atoms with van der Waals surface area (Å²) >= 11 is 6.46. The number of fused-ring (bicyclic) bond motifs is 3. The maximum atomic E-state index is 10.2. The third kappa shape index (κ3) is 6.54. The van der Waals surface area contributed by atoms with Gasteiger partial charge in [0.2, 0.25) is 0 Å². The van der Waals surface area contributed by atoms with Crippen molar-refractivity contribution < 1.29 is 67.7 Å². The molecule has 1 aromatic carbocycles. The van der Waals surface area contributed by atoms with Gasteiger partial charge in [-0.2, -0.15) is 16.2 Å². The fourth-order valence-corrected chi connectivity index (χ4v) is 6.30. The number of ether oxygens (including phenoxy) is 3. The van der Waals surface area contributed by atoms with Crippen molar-refractivity contribution >= 4 is 23.5 Å². The molecule has 3 unspecified atom stereocenters. The van der Waals surface area contributed by atoms with Gasteiger partial charge in [-0.15, -0.1) is 0 Å². The molecule has 0 amide bonds. The zero-order chi connectivity index (χ0) is 28.3. The summed E-state index contributed by atoms with van der Waals surface area (Å²) < 4.78 is 41.0. The van der Waals surface area contributed by atoms with Crippen LogP contribution in [0.3, 0.4) is 0 Å². The summed E-state index contributed by atoms with van der Waals surface area (Å²) in [4.78, 5) is 16.2. The minimum atomic E-state index is -2.60. The van der Waals surface area contributed by atoms with Crippen LogP contribution in [-0.2, 0) is 19.1 Å². The molecule has 3 aliphatic carbocycles. The van der Waals surface area contributed by atoms with E-state index in [1.54, 1.807) is 30.7 Å². The standard InChI is InChI=1S/C27H34ClO5.CO2.Na/c1-15-25(30)22(29)14-32-27(15)33-23-13-18(10-11-21(23)28)26(31-2)24-17-7-5-9-20(24)19-8-4-3-6-16(19)12-17;2-1-3;/h10-11,13-15,17,20,22,25,27,29-30H,3-9,12H2,1-2H3;;/q-1;;+1/b26-24+;;/t15-,17?,20?,22+,25+,27?;;/m0../s1/i2D3;;. The number of methoxy groups -OCH3 is 1. The van der Waals surface area contributed by atoms with Crippen LogP contribution in [0.25, 0.3) is 5.76 Å². The molecule has 1 saturated carbocycles. The van der Waals surface area contributed by atoms with E-state index in [2.05, 4.69) is 0 Å². The van der Waals surface area contributed by atoms with Gasteiger partial charge in [-0.25, -0.2) is 0 Å². The predicted molar refractivity (Wildman–Crippen MR) is 132 cm³/mol. The van der Waals surface area contributed by atoms with Crippen LogP contribution in [0.4, 0.5) is 0 Å². The zero-order valence-corrected chi connectivity index (χ0v) is 24.0. The molecule has 37 heavy (non-hydrogen) atoms. The van der Waals surface area contributed by atoms with Gasteiger partial charge in [0.1, 0.15) is 11.5 Å². The van der Waals surface area contributed by atoms with E-state index in [4.69, 9.17) is 39.5 Å². The molecule has 4 aliphatic rings. The Bertz CT molecular complexity index is 1150. The van der Waals surface area contributed by atoms with E-state index >= 15 is 0 Å². The smallest absolute Gasteiger partial charge is 0.518 e. The molecule has 1 aromatic rings. The Hall–Kier alpha value is -1.15. The van der Waals surface area contributed by atoms with Crippen LogP contribution in [0, 0.1) is 24.4 Å². The summed E-state index contributed by atoms with van der Waals surface area (Å²) in [5.74, 6) is 0.677. The van der Waals surface area contributed by atoms with Crippen LogP contribution < -0.4 is 34.3 Å². The van der Waals surface area contributed by atoms with Gasteiger partial charge in [0.25, 0.3) is 0 Å². The van der Waals surface area contributed by atoms with Gasteiger partial charge in [0.05, 0.1) is 22.3 Å². The van der Waals surface area contributed by atoms with Crippen molar-refractivity contribution in [2.45, 2.75) is 76.8 Å². The van der Waals surface area contributed by atoms with E-state index in [1.165, 1.54) is 18.4 Å². The Balaban J connectivity index is 0.00000106. The minimum Gasteiger partial charge on any atom is -0.518 e. The molecule has 1 heterocycles. The third-order valence-corrected chi connectivity index (χ3v) is 8.19. The van der Waals surface area contributed by atoms with E-state index in [1.807, 2.05) is 0 Å². The van der Waals surface area contributed by atoms with Crippen molar-refractivity contribution in [2.75, 3.05) is 7.04 Å². The third-order valence-electron chi connectivity index (χ3n) is 7.87. The molecule has 9 heteroatoms. The van der Waals surface area contributed by atoms with E-state index in [0.29, 0.717) is 22.1 Å². The largest absolute Gasteiger partial charge is 1.00 e. The fraction of sp³-hybridized carbons (Fsp3) is 0.571. The number of halogens is 1. The van der Waals surface area contributed by atoms with Gasteiger partial charge in [-0.3, -0.25) is 0 Å². The molecule has 196 valence electrons. The van der Waals surface area contributed by atoms with Crippen LogP contribution in [0.5, 0.6) is 5.75 Å². The van der Waals surface area contributed by atoms with Gasteiger partial charge >= 0.3 is 35.7 Å². The number of rotatable bonds is 4. The SMILES string of the molecule is O=C=O.[2H]C([2H])([2H])O/C(=C1\C2CCCC1C1=C(CCCC1)C2)c1ccc(Cl)c(OC2O[CH-][C@@H](O)[C@H](O)[C@@H]2C)c1.[Na+]. The number of benzene rings is 1. The van der Waals surface area contributed by atoms with Crippen molar-refractivity contribution in [3.05, 3.63) is 52.1 Å². The second-order valence-corrected chi connectivity index (χ2v) is 10.3. The van der Waals surface area contributed by atoms with Gasteiger partial charge < -0.3 is 24.4 Å². The first kappa shape index (κ1) is 26.1. The fourth-order valence-electron chi connectivity index (χ4n) is 6.14. The van der Waals surface area contributed by atoms with Crippen molar-refractivity contribution in [1.29, 1.82) is 0 Å². The van der Waals surface area contributed by atoms with Crippen molar-refractivity contribution in [1.82, 2.24) is 0 Å². The molecule has 0 aromatic heterocycles. The summed E-state index contributed by atoms with van der Waals surface area (Å²) in [6, 6.07) is 5.14. The second-order valence-electron chi connectivity index (χ2n) is 9.93. The maximum Gasteiger partial charge on any atom is 1.00 e. The van der Waals surface area contributed by atoms with Crippen LogP contribution in [0.2, 0.25) is 5.02 Å². The molecular weight excluding hydrogens is 507 g/mol. The Morgan fingerprint density at radius 3 is 2.73 bits per heavy atom. The van der Waals surface area contributed by atoms with Gasteiger partial charge in [0, 0.05) is 17.4 Å². The number of aliphatic hydroxyl groups excluding tert-OH is 2. The number of allylic oxidation sites excluding steroid dienone is 3. The predicted octanol–water partition coefficient (Wildman–Crippen LogP) is 2.06. The number of carbonyl (C=O) groups excluding carboxylic acids is 2. The summed E-state index contributed by atoms with van der Waals surface area (Å²) in [6.45, 7) is 2.87. The van der Waals surface area contributed by atoms with Crippen LogP contribution in [0.1, 0.15) is 68.0 Å². The van der Waals surface area contributed by atoms with Gasteiger partial charge in [-0.05, 0) is 80.7 Å². The van der Waals surface area contributed by atoms with E-state index in [9.17, 15) is 10.2 Å². The molecule has 1 saturated heterocycles. The molecule has 2 fully saturated rings. The monoisotopic (exact) mass is 543 g/mol. The Labute approximate surface area is 249 Å². The first-order chi connectivity index (χ1) is 18.5. The van der Waals surface area contributed by atoms with Crippen LogP contribution in [0.15, 0.2) is 34.9 Å². The molecule has 2 N–H and O–H groups in total. The molecule has 6 atom stereocenters. The molecule has 0 spiro atoms. The summed E-state index contributed by atoms with van der Waals surface area (Å²) in [5.41, 5.74) is 4.77. The number of aliphatic hydroxyl groups is 2. The normalized spacial score (nSPS) is 33.6. The van der Waals surface area contributed by atoms with E-state index in [-0.39, 0.29) is 47.5 Å². The van der Waals surface area contributed by atoms with Crippen molar-refractivity contribution in [3.63, 3.8) is 0 Å². The molecule has 2 bridgehead atoms. The Kier molecular flexibility index (Phi) is 9.71. The first-order valence-electron chi connectivity index (χ1n) is 14.0. The average Bonchev–Trinajstić information content (AvgIpc) is 2.88. The van der Waals surface area contributed by atoms with Crippen molar-refractivity contribution in [2.24, 2.45) is 17.8 Å². The molecule has 7 nitrogen and oxygen atoms in total. The Morgan fingerprint density at radius 1 is 1.22 bits per heavy atom. The minimum absolute atomic E-state index is 0. The zero-order valence-electron chi connectivity index (χ0n) is 24.2. The van der Waals surface area contributed by atoms with Gasteiger partial charge in [0.15, 0.2) is 6.29 Å². The Morgan fingerprint density at radius 2 is 1.97 bits per heavy atom. The number of hydrogen-bond donors (Lipinski definition) is 2. The average molecular weight is 544 g/mol. The van der Waals surface area contributed by atoms with Crippen LogP contribution >= 0.6 is 11.6 Å². The molecular formula is C28H34ClNaO7. The maximum absolute atomic E-state index is 10.2. The summed E-state index contributed by atoms with van der Waals surface area (Å²) in [6.07, 6.45) is 6.04. The number of hydrogen-bond acceptors (Lipinski definition) is 7. The topological polar surface area (TPSA) is 102 Å². The van der Waals surface area contributed by atoms with Gasteiger partial charge in [-0.1, -0.05) is 36.1 Å². The van der Waals surface area contributed by atoms with Crippen molar-refractivity contribution in [3.8, 4) is 5.75 Å².